The van der Waals surface area contributed by atoms with Gasteiger partial charge in [0, 0.05) is 10.6 Å². The summed E-state index contributed by atoms with van der Waals surface area (Å²) in [7, 11) is 1.36. The maximum absolute atomic E-state index is 13.1. The molecule has 0 unspecified atom stereocenters. The van der Waals surface area contributed by atoms with Crippen LogP contribution >= 0.6 is 11.6 Å². The second-order valence-corrected chi connectivity index (χ2v) is 8.69. The predicted molar refractivity (Wildman–Crippen MR) is 139 cm³/mol. The second kappa shape index (κ2) is 11.1. The average molecular weight is 504 g/mol. The summed E-state index contributed by atoms with van der Waals surface area (Å²) in [5, 5.41) is 8.17. The molecule has 184 valence electrons. The molecule has 0 radical (unpaired) electrons. The van der Waals surface area contributed by atoms with Gasteiger partial charge in [0.15, 0.2) is 0 Å². The van der Waals surface area contributed by atoms with Crippen molar-refractivity contribution in [1.82, 2.24) is 9.78 Å². The van der Waals surface area contributed by atoms with E-state index in [1.807, 2.05) is 50.2 Å². The van der Waals surface area contributed by atoms with Gasteiger partial charge in [0.2, 0.25) is 0 Å². The van der Waals surface area contributed by atoms with Crippen molar-refractivity contribution >= 4 is 29.2 Å². The number of hydrogen-bond donors (Lipinski definition) is 1. The molecule has 0 spiro atoms. The van der Waals surface area contributed by atoms with E-state index in [9.17, 15) is 9.59 Å². The van der Waals surface area contributed by atoms with E-state index in [1.54, 1.807) is 41.1 Å². The van der Waals surface area contributed by atoms with Gasteiger partial charge in [0.1, 0.15) is 12.4 Å². The number of carbonyl (C=O) groups excluding carboxylic acids is 2. The number of aryl methyl sites for hydroxylation is 1. The number of nitrogens with zero attached hydrogens (tertiary/aromatic N) is 2. The Morgan fingerprint density at radius 3 is 2.56 bits per heavy atom. The number of aromatic nitrogens is 2. The van der Waals surface area contributed by atoms with E-state index < -0.39 is 5.97 Å². The maximum atomic E-state index is 13.1. The lowest BCUT2D eigenvalue weighted by Crippen LogP contribution is -2.14. The molecule has 1 aromatic heterocycles. The Bertz CT molecular complexity index is 1410. The summed E-state index contributed by atoms with van der Waals surface area (Å²) in [6.07, 6.45) is 0. The lowest BCUT2D eigenvalue weighted by atomic mass is 10.1. The van der Waals surface area contributed by atoms with Gasteiger partial charge in [0.25, 0.3) is 5.91 Å². The van der Waals surface area contributed by atoms with Crippen molar-refractivity contribution in [3.05, 3.63) is 111 Å². The fourth-order valence-corrected chi connectivity index (χ4v) is 4.05. The lowest BCUT2D eigenvalue weighted by molar-refractivity contribution is 0.0599. The summed E-state index contributed by atoms with van der Waals surface area (Å²) >= 11 is 6.01. The Balaban J connectivity index is 1.48. The number of anilines is 1. The van der Waals surface area contributed by atoms with Gasteiger partial charge in [-0.25, -0.2) is 4.79 Å². The smallest absolute Gasteiger partial charge is 0.338 e. The van der Waals surface area contributed by atoms with Crippen LogP contribution in [0, 0.1) is 13.8 Å². The van der Waals surface area contributed by atoms with Gasteiger partial charge in [-0.2, -0.15) is 5.10 Å². The molecule has 0 aliphatic rings. The molecule has 1 N–H and O–H groups in total. The fraction of sp³-hybridized carbons (Fsp3) is 0.179. The van der Waals surface area contributed by atoms with Crippen LogP contribution in [0.5, 0.6) is 5.75 Å². The Kier molecular flexibility index (Phi) is 7.71. The molecular formula is C28H26ClN3O4. The summed E-state index contributed by atoms with van der Waals surface area (Å²) in [4.78, 5) is 25.2. The molecular weight excluding hydrogens is 478 g/mol. The number of amides is 1. The predicted octanol–water partition coefficient (Wildman–Crippen LogP) is 5.82. The van der Waals surface area contributed by atoms with Gasteiger partial charge in [-0.05, 0) is 61.4 Å². The van der Waals surface area contributed by atoms with Crippen LogP contribution in [-0.4, -0.2) is 28.8 Å². The highest BCUT2D eigenvalue weighted by molar-refractivity contribution is 6.30. The van der Waals surface area contributed by atoms with E-state index in [1.165, 1.54) is 7.11 Å². The monoisotopic (exact) mass is 503 g/mol. The molecule has 4 rings (SSSR count). The van der Waals surface area contributed by atoms with Crippen LogP contribution < -0.4 is 10.1 Å². The number of carbonyl (C=O) groups is 2. The minimum Gasteiger partial charge on any atom is -0.489 e. The van der Waals surface area contributed by atoms with E-state index in [0.29, 0.717) is 46.4 Å². The summed E-state index contributed by atoms with van der Waals surface area (Å²) in [6, 6.07) is 21.7. The van der Waals surface area contributed by atoms with E-state index >= 15 is 0 Å². The molecule has 0 atom stereocenters. The number of ether oxygens (including phenoxy) is 2. The summed E-state index contributed by atoms with van der Waals surface area (Å²) in [5.41, 5.74) is 4.71. The molecule has 4 aromatic rings. The van der Waals surface area contributed by atoms with Gasteiger partial charge in [0.05, 0.1) is 36.3 Å². The normalized spacial score (nSPS) is 10.7. The van der Waals surface area contributed by atoms with Crippen molar-refractivity contribution < 1.29 is 19.1 Å². The minimum atomic E-state index is -0.403. The van der Waals surface area contributed by atoms with Gasteiger partial charge in [-0.3, -0.25) is 9.48 Å². The van der Waals surface area contributed by atoms with E-state index in [4.69, 9.17) is 21.1 Å². The van der Waals surface area contributed by atoms with Crippen molar-refractivity contribution in [1.29, 1.82) is 0 Å². The highest BCUT2D eigenvalue weighted by atomic mass is 35.5. The van der Waals surface area contributed by atoms with Gasteiger partial charge >= 0.3 is 5.97 Å². The highest BCUT2D eigenvalue weighted by Gasteiger charge is 2.18. The molecule has 1 amide bonds. The lowest BCUT2D eigenvalue weighted by Gasteiger charge is -2.11. The molecule has 0 fully saturated rings. The van der Waals surface area contributed by atoms with Crippen LogP contribution in [0.15, 0.2) is 72.8 Å². The van der Waals surface area contributed by atoms with Crippen LogP contribution in [0.1, 0.15) is 43.2 Å². The Morgan fingerprint density at radius 1 is 1.00 bits per heavy atom. The summed E-state index contributed by atoms with van der Waals surface area (Å²) < 4.78 is 12.5. The fourth-order valence-electron chi connectivity index (χ4n) is 3.87. The molecule has 3 aromatic carbocycles. The first-order chi connectivity index (χ1) is 17.4. The first-order valence-corrected chi connectivity index (χ1v) is 11.7. The molecule has 8 heteroatoms. The standard InChI is InChI=1S/C28H26ClN3O4/c1-18-26(19(2)32(31-18)16-22-9-4-5-13-25(22)28(34)35-3)30-27(33)21-10-6-8-20(14-21)17-36-24-12-7-11-23(29)15-24/h4-15H,16-17H2,1-3H3,(H,30,33). The first kappa shape index (κ1) is 25.0. The van der Waals surface area contributed by atoms with Crippen LogP contribution in [0.4, 0.5) is 5.69 Å². The van der Waals surface area contributed by atoms with Crippen molar-refractivity contribution in [3.8, 4) is 5.75 Å². The first-order valence-electron chi connectivity index (χ1n) is 11.3. The molecule has 0 saturated heterocycles. The molecule has 0 aliphatic carbocycles. The third-order valence-electron chi connectivity index (χ3n) is 5.75. The maximum Gasteiger partial charge on any atom is 0.338 e. The topological polar surface area (TPSA) is 82.5 Å². The molecule has 0 aliphatic heterocycles. The Hall–Kier alpha value is -4.10. The minimum absolute atomic E-state index is 0.250. The largest absolute Gasteiger partial charge is 0.489 e. The molecule has 7 nitrogen and oxygen atoms in total. The second-order valence-electron chi connectivity index (χ2n) is 8.25. The van der Waals surface area contributed by atoms with Crippen LogP contribution in [0.3, 0.4) is 0 Å². The molecule has 0 bridgehead atoms. The van der Waals surface area contributed by atoms with Crippen LogP contribution in [0.25, 0.3) is 0 Å². The zero-order chi connectivity index (χ0) is 25.7. The number of halogens is 1. The van der Waals surface area contributed by atoms with E-state index in [-0.39, 0.29) is 5.91 Å². The number of benzene rings is 3. The van der Waals surface area contributed by atoms with E-state index in [2.05, 4.69) is 10.4 Å². The zero-order valence-electron chi connectivity index (χ0n) is 20.2. The SMILES string of the molecule is COC(=O)c1ccccc1Cn1nc(C)c(NC(=O)c2cccc(COc3cccc(Cl)c3)c2)c1C. The average Bonchev–Trinajstić information content (AvgIpc) is 3.14. The number of hydrogen-bond acceptors (Lipinski definition) is 5. The van der Waals surface area contributed by atoms with Gasteiger partial charge in [-0.1, -0.05) is 48.0 Å². The summed E-state index contributed by atoms with van der Waals surface area (Å²) in [6.45, 7) is 4.38. The van der Waals surface area contributed by atoms with Crippen molar-refractivity contribution in [2.45, 2.75) is 27.0 Å². The van der Waals surface area contributed by atoms with Crippen LogP contribution in [0.2, 0.25) is 5.02 Å². The quantitative estimate of drug-likeness (QED) is 0.306. The Labute approximate surface area is 214 Å². The van der Waals surface area contributed by atoms with E-state index in [0.717, 1.165) is 16.8 Å². The van der Waals surface area contributed by atoms with Crippen molar-refractivity contribution in [2.75, 3.05) is 12.4 Å². The van der Waals surface area contributed by atoms with Crippen LogP contribution in [-0.2, 0) is 17.9 Å². The number of rotatable bonds is 8. The van der Waals surface area contributed by atoms with Gasteiger partial charge in [-0.15, -0.1) is 0 Å². The molecule has 36 heavy (non-hydrogen) atoms. The molecule has 1 heterocycles. The summed E-state index contributed by atoms with van der Waals surface area (Å²) in [5.74, 6) is 0.00462. The third-order valence-corrected chi connectivity index (χ3v) is 5.99. The molecule has 0 saturated carbocycles. The van der Waals surface area contributed by atoms with Crippen molar-refractivity contribution in [2.24, 2.45) is 0 Å². The Morgan fingerprint density at radius 2 is 1.78 bits per heavy atom. The zero-order valence-corrected chi connectivity index (χ0v) is 21.0. The third kappa shape index (κ3) is 5.75. The number of nitrogens with one attached hydrogen (secondary N) is 1. The highest BCUT2D eigenvalue weighted by Crippen LogP contribution is 2.23. The van der Waals surface area contributed by atoms with Crippen molar-refractivity contribution in [3.63, 3.8) is 0 Å². The number of methoxy groups -OCH3 is 1. The number of esters is 1. The van der Waals surface area contributed by atoms with Gasteiger partial charge < -0.3 is 14.8 Å².